The van der Waals surface area contributed by atoms with Gasteiger partial charge in [0.15, 0.2) is 0 Å². The van der Waals surface area contributed by atoms with E-state index in [1.54, 1.807) is 0 Å². The minimum absolute atomic E-state index is 0.171. The van der Waals surface area contributed by atoms with Gasteiger partial charge in [0.05, 0.1) is 11.8 Å². The van der Waals surface area contributed by atoms with Crippen molar-refractivity contribution in [3.63, 3.8) is 0 Å². The minimum Gasteiger partial charge on any atom is -0.481 e. The second kappa shape index (κ2) is 6.34. The summed E-state index contributed by atoms with van der Waals surface area (Å²) in [7, 11) is 0. The standard InChI is InChI=1S/C18H21NO3/c20-17(14-9-3-4-10-15(14)18(21)22)19-16-11-5-7-12-6-1-2-8-13(12)16/h3-5,7,11,14-15H,1-2,6,8-10H2,(H,19,20)(H,21,22)/t14-,15+/m1/s1. The van der Waals surface area contributed by atoms with Gasteiger partial charge in [0.2, 0.25) is 5.91 Å². The lowest BCUT2D eigenvalue weighted by molar-refractivity contribution is -0.146. The van der Waals surface area contributed by atoms with Gasteiger partial charge in [-0.3, -0.25) is 9.59 Å². The van der Waals surface area contributed by atoms with E-state index in [1.165, 1.54) is 17.5 Å². The van der Waals surface area contributed by atoms with Gasteiger partial charge in [0.25, 0.3) is 0 Å². The van der Waals surface area contributed by atoms with Crippen LogP contribution in [0.5, 0.6) is 0 Å². The molecule has 1 amide bonds. The number of carbonyl (C=O) groups excluding carboxylic acids is 1. The normalized spacial score (nSPS) is 23.6. The Morgan fingerprint density at radius 1 is 1.05 bits per heavy atom. The van der Waals surface area contributed by atoms with Crippen LogP contribution in [0.15, 0.2) is 30.4 Å². The Hall–Kier alpha value is -2.10. The number of fused-ring (bicyclic) bond motifs is 1. The number of nitrogens with one attached hydrogen (secondary N) is 1. The van der Waals surface area contributed by atoms with Crippen molar-refractivity contribution in [2.24, 2.45) is 11.8 Å². The van der Waals surface area contributed by atoms with Crippen LogP contribution in [0.25, 0.3) is 0 Å². The molecule has 0 spiro atoms. The van der Waals surface area contributed by atoms with Crippen LogP contribution in [0.2, 0.25) is 0 Å². The number of hydrogen-bond acceptors (Lipinski definition) is 2. The number of benzene rings is 1. The molecule has 116 valence electrons. The first-order chi connectivity index (χ1) is 10.7. The van der Waals surface area contributed by atoms with Gasteiger partial charge in [0.1, 0.15) is 0 Å². The molecule has 0 radical (unpaired) electrons. The molecule has 4 nitrogen and oxygen atoms in total. The molecular formula is C18H21NO3. The summed E-state index contributed by atoms with van der Waals surface area (Å²) in [5.74, 6) is -2.17. The number of rotatable bonds is 3. The maximum absolute atomic E-state index is 12.6. The fourth-order valence-electron chi connectivity index (χ4n) is 3.50. The van der Waals surface area contributed by atoms with Gasteiger partial charge in [0, 0.05) is 5.69 Å². The van der Waals surface area contributed by atoms with Crippen molar-refractivity contribution in [1.29, 1.82) is 0 Å². The summed E-state index contributed by atoms with van der Waals surface area (Å²) in [6.45, 7) is 0. The van der Waals surface area contributed by atoms with E-state index in [9.17, 15) is 14.7 Å². The van der Waals surface area contributed by atoms with E-state index in [-0.39, 0.29) is 5.91 Å². The zero-order valence-corrected chi connectivity index (χ0v) is 12.5. The molecule has 0 saturated heterocycles. The van der Waals surface area contributed by atoms with Crippen LogP contribution in [-0.2, 0) is 22.4 Å². The molecule has 0 saturated carbocycles. The molecule has 2 aliphatic rings. The first-order valence-corrected chi connectivity index (χ1v) is 7.96. The second-order valence-electron chi connectivity index (χ2n) is 6.13. The van der Waals surface area contributed by atoms with Crippen molar-refractivity contribution < 1.29 is 14.7 Å². The van der Waals surface area contributed by atoms with Gasteiger partial charge in [-0.15, -0.1) is 0 Å². The highest BCUT2D eigenvalue weighted by Gasteiger charge is 2.34. The quantitative estimate of drug-likeness (QED) is 0.842. The molecule has 2 atom stereocenters. The summed E-state index contributed by atoms with van der Waals surface area (Å²) >= 11 is 0. The molecule has 0 bridgehead atoms. The van der Waals surface area contributed by atoms with E-state index in [2.05, 4.69) is 11.4 Å². The Bertz CT molecular complexity index is 621. The fraction of sp³-hybridized carbons (Fsp3) is 0.444. The van der Waals surface area contributed by atoms with Crippen molar-refractivity contribution in [2.45, 2.75) is 38.5 Å². The number of carbonyl (C=O) groups is 2. The molecule has 0 unspecified atom stereocenters. The fourth-order valence-corrected chi connectivity index (χ4v) is 3.50. The van der Waals surface area contributed by atoms with E-state index in [4.69, 9.17) is 0 Å². The average Bonchev–Trinajstić information content (AvgIpc) is 2.55. The number of anilines is 1. The molecule has 0 fully saturated rings. The largest absolute Gasteiger partial charge is 0.481 e. The molecule has 3 rings (SSSR count). The van der Waals surface area contributed by atoms with Crippen LogP contribution >= 0.6 is 0 Å². The number of aryl methyl sites for hydroxylation is 1. The highest BCUT2D eigenvalue weighted by molar-refractivity contribution is 5.96. The SMILES string of the molecule is O=C(O)[C@H]1CC=CC[C@H]1C(=O)Nc1cccc2c1CCCC2. The summed E-state index contributed by atoms with van der Waals surface area (Å²) in [5, 5.41) is 12.3. The number of allylic oxidation sites excluding steroid dienone is 2. The number of aliphatic carboxylic acids is 1. The van der Waals surface area contributed by atoms with Crippen LogP contribution in [0.1, 0.15) is 36.8 Å². The van der Waals surface area contributed by atoms with Gasteiger partial charge < -0.3 is 10.4 Å². The van der Waals surface area contributed by atoms with E-state index < -0.39 is 17.8 Å². The number of amides is 1. The van der Waals surface area contributed by atoms with E-state index >= 15 is 0 Å². The molecule has 22 heavy (non-hydrogen) atoms. The summed E-state index contributed by atoms with van der Waals surface area (Å²) in [4.78, 5) is 23.9. The van der Waals surface area contributed by atoms with Crippen LogP contribution in [0.4, 0.5) is 5.69 Å². The molecule has 1 aromatic carbocycles. The predicted molar refractivity (Wildman–Crippen MR) is 84.7 cm³/mol. The Morgan fingerprint density at radius 3 is 2.55 bits per heavy atom. The smallest absolute Gasteiger partial charge is 0.307 e. The van der Waals surface area contributed by atoms with Crippen molar-refractivity contribution in [1.82, 2.24) is 0 Å². The Balaban J connectivity index is 1.79. The van der Waals surface area contributed by atoms with Crippen LogP contribution in [-0.4, -0.2) is 17.0 Å². The van der Waals surface area contributed by atoms with Crippen LogP contribution < -0.4 is 5.32 Å². The lowest BCUT2D eigenvalue weighted by atomic mass is 9.82. The molecular weight excluding hydrogens is 278 g/mol. The first kappa shape index (κ1) is 14.8. The third-order valence-electron chi connectivity index (χ3n) is 4.74. The van der Waals surface area contributed by atoms with Crippen LogP contribution in [0, 0.1) is 11.8 Å². The molecule has 2 N–H and O–H groups in total. The lowest BCUT2D eigenvalue weighted by Crippen LogP contribution is -2.35. The zero-order chi connectivity index (χ0) is 15.5. The summed E-state index contributed by atoms with van der Waals surface area (Å²) in [6.07, 6.45) is 9.07. The topological polar surface area (TPSA) is 66.4 Å². The lowest BCUT2D eigenvalue weighted by Gasteiger charge is -2.26. The average molecular weight is 299 g/mol. The number of carboxylic acid groups (broad SMARTS) is 1. The molecule has 4 heteroatoms. The van der Waals surface area contributed by atoms with Gasteiger partial charge in [-0.25, -0.2) is 0 Å². The third kappa shape index (κ3) is 2.91. The molecule has 1 aromatic rings. The van der Waals surface area contributed by atoms with Gasteiger partial charge >= 0.3 is 5.97 Å². The monoisotopic (exact) mass is 299 g/mol. The van der Waals surface area contributed by atoms with Gasteiger partial charge in [-0.1, -0.05) is 24.3 Å². The van der Waals surface area contributed by atoms with Crippen molar-refractivity contribution in [3.8, 4) is 0 Å². The summed E-state index contributed by atoms with van der Waals surface area (Å²) in [6, 6.07) is 6.01. The van der Waals surface area contributed by atoms with Gasteiger partial charge in [-0.2, -0.15) is 0 Å². The second-order valence-corrected chi connectivity index (χ2v) is 6.13. The molecule has 0 aromatic heterocycles. The third-order valence-corrected chi connectivity index (χ3v) is 4.74. The van der Waals surface area contributed by atoms with Crippen molar-refractivity contribution >= 4 is 17.6 Å². The Kier molecular flexibility index (Phi) is 4.27. The van der Waals surface area contributed by atoms with E-state index in [0.29, 0.717) is 12.8 Å². The summed E-state index contributed by atoms with van der Waals surface area (Å²) < 4.78 is 0. The summed E-state index contributed by atoms with van der Waals surface area (Å²) in [5.41, 5.74) is 3.39. The van der Waals surface area contributed by atoms with Crippen molar-refractivity contribution in [2.75, 3.05) is 5.32 Å². The van der Waals surface area contributed by atoms with Gasteiger partial charge in [-0.05, 0) is 55.7 Å². The predicted octanol–water partition coefficient (Wildman–Crippen LogP) is 3.17. The molecule has 0 heterocycles. The highest BCUT2D eigenvalue weighted by atomic mass is 16.4. The first-order valence-electron chi connectivity index (χ1n) is 7.96. The maximum Gasteiger partial charge on any atom is 0.307 e. The molecule has 2 aliphatic carbocycles. The van der Waals surface area contributed by atoms with Crippen molar-refractivity contribution in [3.05, 3.63) is 41.5 Å². The van der Waals surface area contributed by atoms with E-state index in [0.717, 1.165) is 24.9 Å². The number of hydrogen-bond donors (Lipinski definition) is 2. The maximum atomic E-state index is 12.6. The Morgan fingerprint density at radius 2 is 1.77 bits per heavy atom. The highest BCUT2D eigenvalue weighted by Crippen LogP contribution is 2.31. The minimum atomic E-state index is -0.889. The number of carboxylic acids is 1. The van der Waals surface area contributed by atoms with E-state index in [1.807, 2.05) is 24.3 Å². The molecule has 0 aliphatic heterocycles. The Labute approximate surface area is 130 Å². The van der Waals surface area contributed by atoms with Crippen LogP contribution in [0.3, 0.4) is 0 Å². The zero-order valence-electron chi connectivity index (χ0n) is 12.5.